The maximum Gasteiger partial charge on any atom is 0.264 e. The van der Waals surface area contributed by atoms with Gasteiger partial charge in [-0.05, 0) is 64.1 Å². The van der Waals surface area contributed by atoms with Crippen LogP contribution in [0.2, 0.25) is 0 Å². The largest absolute Gasteiger partial charge is 0.354 e. The van der Waals surface area contributed by atoms with Crippen LogP contribution < -0.4 is 14.9 Å². The van der Waals surface area contributed by atoms with Gasteiger partial charge >= 0.3 is 0 Å². The van der Waals surface area contributed by atoms with Crippen molar-refractivity contribution in [1.82, 2.24) is 10.6 Å². The molecule has 0 aliphatic carbocycles. The van der Waals surface area contributed by atoms with Gasteiger partial charge in [-0.3, -0.25) is 13.9 Å². The number of amides is 2. The molecule has 0 aromatic heterocycles. The van der Waals surface area contributed by atoms with E-state index in [-0.39, 0.29) is 41.8 Å². The van der Waals surface area contributed by atoms with Gasteiger partial charge < -0.3 is 10.6 Å². The van der Waals surface area contributed by atoms with Gasteiger partial charge in [0.25, 0.3) is 15.9 Å². The van der Waals surface area contributed by atoms with Crippen molar-refractivity contribution in [3.63, 3.8) is 0 Å². The summed E-state index contributed by atoms with van der Waals surface area (Å²) in [6.07, 6.45) is 0.166. The fourth-order valence-electron chi connectivity index (χ4n) is 3.01. The lowest BCUT2D eigenvalue weighted by Crippen LogP contribution is -2.39. The van der Waals surface area contributed by atoms with Gasteiger partial charge in [-0.25, -0.2) is 8.42 Å². The van der Waals surface area contributed by atoms with Crippen molar-refractivity contribution >= 4 is 27.5 Å². The zero-order valence-corrected chi connectivity index (χ0v) is 18.6. The van der Waals surface area contributed by atoms with Crippen LogP contribution in [-0.2, 0) is 14.8 Å². The third kappa shape index (κ3) is 6.06. The van der Waals surface area contributed by atoms with Crippen LogP contribution in [0.15, 0.2) is 59.5 Å². The fourth-order valence-corrected chi connectivity index (χ4v) is 4.48. The molecular formula is C22H29N3O4S. The highest BCUT2D eigenvalue weighted by molar-refractivity contribution is 7.92. The number of hydrogen-bond donors (Lipinski definition) is 2. The molecule has 0 saturated heterocycles. The van der Waals surface area contributed by atoms with Crippen LogP contribution in [0.1, 0.15) is 44.5 Å². The van der Waals surface area contributed by atoms with Crippen molar-refractivity contribution in [2.24, 2.45) is 0 Å². The summed E-state index contributed by atoms with van der Waals surface area (Å²) in [5.74, 6) is -0.501. The lowest BCUT2D eigenvalue weighted by Gasteiger charge is -2.23. The summed E-state index contributed by atoms with van der Waals surface area (Å²) in [5.41, 5.74) is 0.906. The van der Waals surface area contributed by atoms with Crippen LogP contribution in [0.25, 0.3) is 0 Å². The molecule has 162 valence electrons. The van der Waals surface area contributed by atoms with Gasteiger partial charge in [0.05, 0.1) is 10.6 Å². The molecule has 0 saturated carbocycles. The molecule has 1 atom stereocenters. The molecule has 0 unspecified atom stereocenters. The van der Waals surface area contributed by atoms with Gasteiger partial charge in [0.2, 0.25) is 5.91 Å². The molecule has 0 radical (unpaired) electrons. The number of hydrogen-bond acceptors (Lipinski definition) is 4. The van der Waals surface area contributed by atoms with Gasteiger partial charge in [0.15, 0.2) is 0 Å². The summed E-state index contributed by atoms with van der Waals surface area (Å²) >= 11 is 0. The summed E-state index contributed by atoms with van der Waals surface area (Å²) in [4.78, 5) is 24.3. The van der Waals surface area contributed by atoms with E-state index >= 15 is 0 Å². The summed E-state index contributed by atoms with van der Waals surface area (Å²) in [6, 6.07) is 14.3. The minimum absolute atomic E-state index is 0.0356. The zero-order chi connectivity index (χ0) is 22.3. The van der Waals surface area contributed by atoms with E-state index in [9.17, 15) is 18.0 Å². The monoisotopic (exact) mass is 431 g/mol. The fraction of sp³-hybridized carbons (Fsp3) is 0.364. The van der Waals surface area contributed by atoms with Crippen LogP contribution in [0, 0.1) is 0 Å². The maximum absolute atomic E-state index is 13.0. The van der Waals surface area contributed by atoms with E-state index < -0.39 is 10.0 Å². The van der Waals surface area contributed by atoms with Crippen LogP contribution in [0.4, 0.5) is 5.69 Å². The minimum Gasteiger partial charge on any atom is -0.354 e. The van der Waals surface area contributed by atoms with Gasteiger partial charge in [-0.15, -0.1) is 0 Å². The first-order valence-corrected chi connectivity index (χ1v) is 11.4. The Morgan fingerprint density at radius 1 is 0.933 bits per heavy atom. The molecule has 2 rings (SSSR count). The molecule has 0 heterocycles. The number of sulfonamides is 1. The number of nitrogens with zero attached hydrogens (tertiary/aromatic N) is 1. The minimum atomic E-state index is -3.75. The highest BCUT2D eigenvalue weighted by Crippen LogP contribution is 2.23. The number of carbonyl (C=O) groups is 2. The van der Waals surface area contributed by atoms with Crippen LogP contribution >= 0.6 is 0 Å². The van der Waals surface area contributed by atoms with E-state index in [1.165, 1.54) is 28.6 Å². The van der Waals surface area contributed by atoms with Crippen LogP contribution in [-0.4, -0.2) is 38.9 Å². The van der Waals surface area contributed by atoms with Gasteiger partial charge in [0, 0.05) is 30.6 Å². The van der Waals surface area contributed by atoms with Crippen molar-refractivity contribution < 1.29 is 18.0 Å². The van der Waals surface area contributed by atoms with E-state index in [0.29, 0.717) is 11.3 Å². The number of rotatable bonds is 9. The zero-order valence-electron chi connectivity index (χ0n) is 17.8. The van der Waals surface area contributed by atoms with Crippen molar-refractivity contribution in [2.75, 3.05) is 10.8 Å². The quantitative estimate of drug-likeness (QED) is 0.638. The first kappa shape index (κ1) is 23.4. The van der Waals surface area contributed by atoms with E-state index in [4.69, 9.17) is 0 Å². The van der Waals surface area contributed by atoms with Gasteiger partial charge in [-0.1, -0.05) is 18.2 Å². The third-order valence-corrected chi connectivity index (χ3v) is 6.27. The molecule has 30 heavy (non-hydrogen) atoms. The molecule has 2 aromatic rings. The van der Waals surface area contributed by atoms with Gasteiger partial charge in [0.1, 0.15) is 0 Å². The predicted octanol–water partition coefficient (Wildman–Crippen LogP) is 2.93. The molecule has 2 aromatic carbocycles. The Balaban J connectivity index is 2.10. The Morgan fingerprint density at radius 3 is 2.07 bits per heavy atom. The SMILES string of the molecule is CCN(c1ccccc1)S(=O)(=O)c1ccc(C(=O)N[C@H](C)CC(=O)NC(C)C)cc1. The second-order valence-corrected chi connectivity index (χ2v) is 9.19. The van der Waals surface area contributed by atoms with Gasteiger partial charge in [-0.2, -0.15) is 0 Å². The molecular weight excluding hydrogens is 402 g/mol. The molecule has 0 fully saturated rings. The number of nitrogens with one attached hydrogen (secondary N) is 2. The smallest absolute Gasteiger partial charge is 0.264 e. The average molecular weight is 432 g/mol. The van der Waals surface area contributed by atoms with Crippen molar-refractivity contribution in [2.45, 2.75) is 51.1 Å². The molecule has 0 aliphatic heterocycles. The number of benzene rings is 2. The average Bonchev–Trinajstić information content (AvgIpc) is 2.68. The Morgan fingerprint density at radius 2 is 1.53 bits per heavy atom. The van der Waals surface area contributed by atoms with Crippen molar-refractivity contribution in [3.8, 4) is 0 Å². The topological polar surface area (TPSA) is 95.6 Å². The highest BCUT2D eigenvalue weighted by Gasteiger charge is 2.24. The van der Waals surface area contributed by atoms with Crippen LogP contribution in [0.5, 0.6) is 0 Å². The van der Waals surface area contributed by atoms with E-state index in [1.54, 1.807) is 38.1 Å². The Labute approximate surface area is 178 Å². The summed E-state index contributed by atoms with van der Waals surface area (Å²) in [6.45, 7) is 7.53. The number of para-hydroxylation sites is 1. The first-order chi connectivity index (χ1) is 14.1. The van der Waals surface area contributed by atoms with Crippen molar-refractivity contribution in [3.05, 3.63) is 60.2 Å². The summed E-state index contributed by atoms with van der Waals surface area (Å²) < 4.78 is 27.3. The Kier molecular flexibility index (Phi) is 8.00. The normalized spacial score (nSPS) is 12.3. The van der Waals surface area contributed by atoms with E-state index in [1.807, 2.05) is 19.9 Å². The molecule has 0 aliphatic rings. The number of anilines is 1. The Bertz CT molecular complexity index is 958. The molecule has 2 N–H and O–H groups in total. The highest BCUT2D eigenvalue weighted by atomic mass is 32.2. The molecule has 0 spiro atoms. The molecule has 7 nitrogen and oxygen atoms in total. The van der Waals surface area contributed by atoms with Crippen LogP contribution in [0.3, 0.4) is 0 Å². The predicted molar refractivity (Wildman–Crippen MR) is 118 cm³/mol. The van der Waals surface area contributed by atoms with E-state index in [0.717, 1.165) is 0 Å². The molecule has 8 heteroatoms. The summed E-state index contributed by atoms with van der Waals surface area (Å²) in [5, 5.41) is 5.54. The standard InChI is InChI=1S/C22H29N3O4S/c1-5-25(19-9-7-6-8-10-19)30(28,29)20-13-11-18(12-14-20)22(27)24-17(4)15-21(26)23-16(2)3/h6-14,16-17H,5,15H2,1-4H3,(H,23,26)(H,24,27)/t17-/m1/s1. The lowest BCUT2D eigenvalue weighted by atomic mass is 10.1. The second kappa shape index (κ2) is 10.2. The second-order valence-electron chi connectivity index (χ2n) is 7.33. The van der Waals surface area contributed by atoms with Crippen molar-refractivity contribution in [1.29, 1.82) is 0 Å². The number of carbonyl (C=O) groups excluding carboxylic acids is 2. The molecule has 2 amide bonds. The van der Waals surface area contributed by atoms with E-state index in [2.05, 4.69) is 10.6 Å². The summed E-state index contributed by atoms with van der Waals surface area (Å²) in [7, 11) is -3.75. The first-order valence-electron chi connectivity index (χ1n) is 9.93. The lowest BCUT2D eigenvalue weighted by molar-refractivity contribution is -0.121. The Hall–Kier alpha value is -2.87. The third-order valence-electron chi connectivity index (χ3n) is 4.35. The maximum atomic E-state index is 13.0. The molecule has 0 bridgehead atoms.